The number of hydrogen-bond acceptors (Lipinski definition) is 2. The minimum absolute atomic E-state index is 0.0942. The molecule has 0 aromatic heterocycles. The highest BCUT2D eigenvalue weighted by Crippen LogP contribution is 2.23. The highest BCUT2D eigenvalue weighted by atomic mass is 16.4. The minimum Gasteiger partial charge on any atom is -0.478 e. The fourth-order valence-corrected chi connectivity index (χ4v) is 2.10. The van der Waals surface area contributed by atoms with E-state index in [1.54, 1.807) is 44.2 Å². The fraction of sp³-hybridized carbons (Fsp3) is 0.176. The first-order valence-electron chi connectivity index (χ1n) is 6.41. The Kier molecular flexibility index (Phi) is 3.68. The zero-order valence-corrected chi connectivity index (χ0v) is 11.8. The summed E-state index contributed by atoms with van der Waals surface area (Å²) < 4.78 is 0. The number of carboxylic acids is 1. The van der Waals surface area contributed by atoms with Crippen molar-refractivity contribution < 1.29 is 14.7 Å². The van der Waals surface area contributed by atoms with Gasteiger partial charge in [0.15, 0.2) is 0 Å². The van der Waals surface area contributed by atoms with Crippen molar-refractivity contribution in [3.63, 3.8) is 0 Å². The van der Waals surface area contributed by atoms with E-state index in [-0.39, 0.29) is 5.56 Å². The van der Waals surface area contributed by atoms with Gasteiger partial charge in [-0.2, -0.15) is 0 Å². The molecule has 2 aromatic carbocycles. The van der Waals surface area contributed by atoms with Crippen LogP contribution in [0.15, 0.2) is 36.4 Å². The molecule has 0 fully saturated rings. The van der Waals surface area contributed by atoms with Crippen molar-refractivity contribution in [1.29, 1.82) is 0 Å². The van der Waals surface area contributed by atoms with Crippen molar-refractivity contribution >= 4 is 22.6 Å². The molecule has 106 valence electrons. The standard InChI is InChI=1S/C17H15NO3/c1-4-17(2,3)18-15(19)12-9-5-7-11-8-6-10-13(14(11)12)16(20)21/h1,5-10H,2-3H3,(H,18,19)(H,20,21). The second-order valence-electron chi connectivity index (χ2n) is 5.24. The lowest BCUT2D eigenvalue weighted by molar-refractivity contribution is 0.0699. The molecule has 0 radical (unpaired) electrons. The van der Waals surface area contributed by atoms with Crippen LogP contribution in [0.1, 0.15) is 34.6 Å². The molecule has 0 bridgehead atoms. The lowest BCUT2D eigenvalue weighted by atomic mass is 9.97. The van der Waals surface area contributed by atoms with E-state index in [0.717, 1.165) is 0 Å². The highest BCUT2D eigenvalue weighted by Gasteiger charge is 2.21. The Hall–Kier alpha value is -2.80. The number of aromatic carboxylic acids is 1. The fourth-order valence-electron chi connectivity index (χ4n) is 2.10. The van der Waals surface area contributed by atoms with Crippen LogP contribution in [0.2, 0.25) is 0 Å². The summed E-state index contributed by atoms with van der Waals surface area (Å²) in [5.74, 6) is 1.02. The van der Waals surface area contributed by atoms with Crippen LogP contribution in [0.5, 0.6) is 0 Å². The van der Waals surface area contributed by atoms with Gasteiger partial charge in [-0.25, -0.2) is 4.79 Å². The average Bonchev–Trinajstić information content (AvgIpc) is 2.45. The van der Waals surface area contributed by atoms with E-state index in [0.29, 0.717) is 16.3 Å². The van der Waals surface area contributed by atoms with Gasteiger partial charge in [-0.15, -0.1) is 6.42 Å². The van der Waals surface area contributed by atoms with E-state index in [1.807, 2.05) is 0 Å². The molecule has 0 saturated carbocycles. The normalized spacial score (nSPS) is 10.9. The van der Waals surface area contributed by atoms with Gasteiger partial charge >= 0.3 is 5.97 Å². The van der Waals surface area contributed by atoms with Crippen LogP contribution >= 0.6 is 0 Å². The highest BCUT2D eigenvalue weighted by molar-refractivity contribution is 6.14. The molecule has 4 nitrogen and oxygen atoms in total. The molecule has 2 N–H and O–H groups in total. The van der Waals surface area contributed by atoms with E-state index in [2.05, 4.69) is 11.2 Å². The predicted octanol–water partition coefficient (Wildman–Crippen LogP) is 2.68. The first-order chi connectivity index (χ1) is 9.85. The van der Waals surface area contributed by atoms with Gasteiger partial charge in [0.1, 0.15) is 0 Å². The Labute approximate surface area is 122 Å². The van der Waals surface area contributed by atoms with Gasteiger partial charge in [-0.3, -0.25) is 4.79 Å². The summed E-state index contributed by atoms with van der Waals surface area (Å²) >= 11 is 0. The van der Waals surface area contributed by atoms with Crippen LogP contribution in [-0.2, 0) is 0 Å². The first kappa shape index (κ1) is 14.6. The number of carboxylic acid groups (broad SMARTS) is 1. The third kappa shape index (κ3) is 2.87. The predicted molar refractivity (Wildman–Crippen MR) is 81.3 cm³/mol. The van der Waals surface area contributed by atoms with E-state index in [1.165, 1.54) is 6.07 Å². The number of amides is 1. The first-order valence-corrected chi connectivity index (χ1v) is 6.41. The van der Waals surface area contributed by atoms with Crippen molar-refractivity contribution in [2.75, 3.05) is 0 Å². The van der Waals surface area contributed by atoms with Crippen molar-refractivity contribution in [3.05, 3.63) is 47.5 Å². The zero-order chi connectivity index (χ0) is 15.6. The van der Waals surface area contributed by atoms with Gasteiger partial charge in [0.2, 0.25) is 0 Å². The van der Waals surface area contributed by atoms with Crippen molar-refractivity contribution in [1.82, 2.24) is 5.32 Å². The number of fused-ring (bicyclic) bond motifs is 1. The molecule has 0 aliphatic heterocycles. The molecule has 1 amide bonds. The van der Waals surface area contributed by atoms with Gasteiger partial charge in [-0.05, 0) is 31.4 Å². The summed E-state index contributed by atoms with van der Waals surface area (Å²) in [4.78, 5) is 23.8. The van der Waals surface area contributed by atoms with Crippen molar-refractivity contribution in [2.24, 2.45) is 0 Å². The maximum absolute atomic E-state index is 12.4. The molecule has 4 heteroatoms. The van der Waals surface area contributed by atoms with Gasteiger partial charge in [0.25, 0.3) is 5.91 Å². The molecule has 2 aromatic rings. The molecule has 0 saturated heterocycles. The van der Waals surface area contributed by atoms with Gasteiger partial charge in [-0.1, -0.05) is 30.2 Å². The third-order valence-electron chi connectivity index (χ3n) is 3.17. The second kappa shape index (κ2) is 5.29. The number of benzene rings is 2. The number of hydrogen-bond donors (Lipinski definition) is 2. The maximum Gasteiger partial charge on any atom is 0.336 e. The molecular formula is C17H15NO3. The molecule has 0 unspecified atom stereocenters. The maximum atomic E-state index is 12.4. The molecule has 0 aliphatic carbocycles. The zero-order valence-electron chi connectivity index (χ0n) is 11.8. The van der Waals surface area contributed by atoms with Crippen LogP contribution in [0.3, 0.4) is 0 Å². The third-order valence-corrected chi connectivity index (χ3v) is 3.17. The van der Waals surface area contributed by atoms with Crippen LogP contribution in [-0.4, -0.2) is 22.5 Å². The van der Waals surface area contributed by atoms with Gasteiger partial charge in [0, 0.05) is 10.9 Å². The van der Waals surface area contributed by atoms with Crippen molar-refractivity contribution in [3.8, 4) is 12.3 Å². The Morgan fingerprint density at radius 1 is 1.14 bits per heavy atom. The molecule has 21 heavy (non-hydrogen) atoms. The quantitative estimate of drug-likeness (QED) is 0.850. The van der Waals surface area contributed by atoms with E-state index < -0.39 is 17.4 Å². The topological polar surface area (TPSA) is 66.4 Å². The summed E-state index contributed by atoms with van der Waals surface area (Å²) in [6, 6.07) is 9.98. The number of rotatable bonds is 3. The molecule has 0 aliphatic rings. The number of carbonyl (C=O) groups is 2. The monoisotopic (exact) mass is 281 g/mol. The van der Waals surface area contributed by atoms with Crippen molar-refractivity contribution in [2.45, 2.75) is 19.4 Å². The van der Waals surface area contributed by atoms with Crippen LogP contribution in [0, 0.1) is 12.3 Å². The lowest BCUT2D eigenvalue weighted by Crippen LogP contribution is -2.42. The molecule has 0 heterocycles. The Balaban J connectivity index is 2.62. The van der Waals surface area contributed by atoms with Crippen LogP contribution < -0.4 is 5.32 Å². The largest absolute Gasteiger partial charge is 0.478 e. The van der Waals surface area contributed by atoms with Crippen LogP contribution in [0.25, 0.3) is 10.8 Å². The van der Waals surface area contributed by atoms with E-state index >= 15 is 0 Å². The average molecular weight is 281 g/mol. The second-order valence-corrected chi connectivity index (χ2v) is 5.24. The number of nitrogens with one attached hydrogen (secondary N) is 1. The summed E-state index contributed by atoms with van der Waals surface area (Å²) in [5, 5.41) is 13.1. The number of carbonyl (C=O) groups excluding carboxylic acids is 1. The summed E-state index contributed by atoms with van der Waals surface area (Å²) in [5.41, 5.74) is -0.414. The Bertz CT molecular complexity index is 764. The number of terminal acetylenes is 1. The molecule has 0 spiro atoms. The summed E-state index contributed by atoms with van der Waals surface area (Å²) in [6.45, 7) is 3.41. The molecule has 0 atom stereocenters. The Morgan fingerprint density at radius 2 is 1.71 bits per heavy atom. The molecule has 2 rings (SSSR count). The summed E-state index contributed by atoms with van der Waals surface area (Å²) in [6.07, 6.45) is 5.36. The minimum atomic E-state index is -1.07. The molecular weight excluding hydrogens is 266 g/mol. The summed E-state index contributed by atoms with van der Waals surface area (Å²) in [7, 11) is 0. The van der Waals surface area contributed by atoms with Gasteiger partial charge in [0.05, 0.1) is 11.1 Å². The SMILES string of the molecule is C#CC(C)(C)NC(=O)c1cccc2cccc(C(=O)O)c12. The van der Waals surface area contributed by atoms with E-state index in [4.69, 9.17) is 6.42 Å². The van der Waals surface area contributed by atoms with Crippen LogP contribution in [0.4, 0.5) is 0 Å². The Morgan fingerprint density at radius 3 is 2.24 bits per heavy atom. The van der Waals surface area contributed by atoms with E-state index in [9.17, 15) is 14.7 Å². The van der Waals surface area contributed by atoms with Gasteiger partial charge < -0.3 is 10.4 Å². The smallest absolute Gasteiger partial charge is 0.336 e. The lowest BCUT2D eigenvalue weighted by Gasteiger charge is -2.20.